The Morgan fingerprint density at radius 3 is 3.13 bits per heavy atom. The second-order valence-electron chi connectivity index (χ2n) is 6.21. The molecule has 23 heavy (non-hydrogen) atoms. The number of fused-ring (bicyclic) bond motifs is 3. The van der Waals surface area contributed by atoms with Gasteiger partial charge in [-0.15, -0.1) is 11.3 Å². The average Bonchev–Trinajstić information content (AvgIpc) is 2.90. The van der Waals surface area contributed by atoms with E-state index < -0.39 is 0 Å². The van der Waals surface area contributed by atoms with Crippen molar-refractivity contribution in [2.45, 2.75) is 57.6 Å². The van der Waals surface area contributed by atoms with E-state index in [-0.39, 0.29) is 12.1 Å². The van der Waals surface area contributed by atoms with Crippen LogP contribution in [0.2, 0.25) is 0 Å². The van der Waals surface area contributed by atoms with Crippen molar-refractivity contribution >= 4 is 39.3 Å². The van der Waals surface area contributed by atoms with Crippen molar-refractivity contribution in [3.8, 4) is 0 Å². The summed E-state index contributed by atoms with van der Waals surface area (Å²) >= 11 is 3.26. The van der Waals surface area contributed by atoms with Crippen molar-refractivity contribution in [3.05, 3.63) is 16.8 Å². The predicted molar refractivity (Wildman–Crippen MR) is 95.2 cm³/mol. The summed E-state index contributed by atoms with van der Waals surface area (Å²) in [5, 5.41) is 2.09. The normalized spacial score (nSPS) is 18.7. The van der Waals surface area contributed by atoms with Crippen LogP contribution in [0.5, 0.6) is 0 Å². The van der Waals surface area contributed by atoms with Crippen LogP contribution in [0.4, 0.5) is 0 Å². The molecule has 2 atom stereocenters. The largest absolute Gasteiger partial charge is 0.462 e. The Balaban J connectivity index is 1.80. The summed E-state index contributed by atoms with van der Waals surface area (Å²) in [4.78, 5) is 23.3. The summed E-state index contributed by atoms with van der Waals surface area (Å²) in [5.41, 5.74) is 1.40. The number of aryl methyl sites for hydroxylation is 1. The van der Waals surface area contributed by atoms with Crippen LogP contribution in [-0.4, -0.2) is 27.8 Å². The molecule has 3 rings (SSSR count). The second kappa shape index (κ2) is 7.18. The Bertz CT molecular complexity index is 714. The predicted octanol–water partition coefficient (Wildman–Crippen LogP) is 4.25. The van der Waals surface area contributed by atoms with E-state index in [0.717, 1.165) is 35.0 Å². The zero-order valence-electron chi connectivity index (χ0n) is 13.8. The Hall–Kier alpha value is -1.14. The number of ether oxygens (including phenoxy) is 1. The van der Waals surface area contributed by atoms with Crippen molar-refractivity contribution in [1.82, 2.24) is 9.97 Å². The molecule has 0 N–H and O–H groups in total. The van der Waals surface area contributed by atoms with Gasteiger partial charge in [0, 0.05) is 10.3 Å². The molecule has 2 aromatic rings. The van der Waals surface area contributed by atoms with Crippen LogP contribution in [0.25, 0.3) is 10.2 Å². The fraction of sp³-hybridized carbons (Fsp3) is 0.588. The van der Waals surface area contributed by atoms with Crippen LogP contribution in [0, 0.1) is 5.92 Å². The third-order valence-corrected chi connectivity index (χ3v) is 6.42. The van der Waals surface area contributed by atoms with Crippen LogP contribution in [0.15, 0.2) is 11.4 Å². The van der Waals surface area contributed by atoms with E-state index in [1.807, 2.05) is 13.8 Å². The van der Waals surface area contributed by atoms with Gasteiger partial charge in [0.15, 0.2) is 0 Å². The number of hydrogen-bond donors (Lipinski definition) is 0. The zero-order valence-corrected chi connectivity index (χ0v) is 15.4. The first-order chi connectivity index (χ1) is 11.1. The lowest BCUT2D eigenvalue weighted by Crippen LogP contribution is -2.15. The molecule has 0 fully saturated rings. The molecule has 4 nitrogen and oxygen atoms in total. The van der Waals surface area contributed by atoms with Gasteiger partial charge in [-0.1, -0.05) is 25.6 Å². The molecule has 0 aliphatic heterocycles. The molecule has 124 valence electrons. The van der Waals surface area contributed by atoms with Crippen LogP contribution >= 0.6 is 23.1 Å². The molecule has 0 radical (unpaired) electrons. The van der Waals surface area contributed by atoms with E-state index in [1.165, 1.54) is 34.0 Å². The summed E-state index contributed by atoms with van der Waals surface area (Å²) in [7, 11) is 0. The van der Waals surface area contributed by atoms with Gasteiger partial charge in [-0.25, -0.2) is 9.97 Å². The Morgan fingerprint density at radius 1 is 1.52 bits per heavy atom. The summed E-state index contributed by atoms with van der Waals surface area (Å²) in [6.45, 7) is 6.24. The number of rotatable bonds is 5. The minimum atomic E-state index is -0.172. The van der Waals surface area contributed by atoms with Gasteiger partial charge in [0.25, 0.3) is 0 Å². The minimum absolute atomic E-state index is 0.0242. The molecule has 0 unspecified atom stereocenters. The topological polar surface area (TPSA) is 52.1 Å². The summed E-state index contributed by atoms with van der Waals surface area (Å²) in [6.07, 6.45) is 5.86. The van der Waals surface area contributed by atoms with Gasteiger partial charge in [0.1, 0.15) is 16.2 Å². The average molecular weight is 351 g/mol. The molecule has 0 amide bonds. The molecule has 1 aliphatic carbocycles. The highest BCUT2D eigenvalue weighted by molar-refractivity contribution is 8.00. The van der Waals surface area contributed by atoms with Crippen LogP contribution in [-0.2, 0) is 22.4 Å². The number of thioether (sulfide) groups is 1. The molecule has 0 saturated carbocycles. The maximum absolute atomic E-state index is 11.9. The van der Waals surface area contributed by atoms with Gasteiger partial charge in [0.05, 0.1) is 11.9 Å². The van der Waals surface area contributed by atoms with E-state index >= 15 is 0 Å². The van der Waals surface area contributed by atoms with E-state index in [4.69, 9.17) is 4.74 Å². The first kappa shape index (κ1) is 16.7. The van der Waals surface area contributed by atoms with E-state index in [0.29, 0.717) is 5.75 Å². The first-order valence-corrected chi connectivity index (χ1v) is 9.96. The number of nitrogens with zero attached hydrogens (tertiary/aromatic N) is 2. The SMILES string of the molecule is CC[C@H](C)OC(=O)CSc1ncnc2sc3c(c12)CC[C@H](C)C3. The van der Waals surface area contributed by atoms with Gasteiger partial charge in [-0.2, -0.15) is 0 Å². The van der Waals surface area contributed by atoms with Crippen LogP contribution < -0.4 is 0 Å². The first-order valence-electron chi connectivity index (χ1n) is 8.16. The van der Waals surface area contributed by atoms with E-state index in [2.05, 4.69) is 16.9 Å². The number of hydrogen-bond acceptors (Lipinski definition) is 6. The summed E-state index contributed by atoms with van der Waals surface area (Å²) < 4.78 is 5.34. The van der Waals surface area contributed by atoms with Crippen LogP contribution in [0.3, 0.4) is 0 Å². The van der Waals surface area contributed by atoms with Gasteiger partial charge >= 0.3 is 5.97 Å². The third kappa shape index (κ3) is 3.69. The molecule has 0 saturated heterocycles. The minimum Gasteiger partial charge on any atom is -0.462 e. The van der Waals surface area contributed by atoms with Crippen molar-refractivity contribution in [2.24, 2.45) is 5.92 Å². The fourth-order valence-corrected chi connectivity index (χ4v) is 5.05. The molecule has 0 bridgehead atoms. The lowest BCUT2D eigenvalue weighted by atomic mass is 9.89. The molecule has 1 aliphatic rings. The number of thiophene rings is 1. The van der Waals surface area contributed by atoms with Crippen molar-refractivity contribution in [2.75, 3.05) is 5.75 Å². The lowest BCUT2D eigenvalue weighted by Gasteiger charge is -2.18. The molecule has 0 aromatic carbocycles. The smallest absolute Gasteiger partial charge is 0.316 e. The maximum atomic E-state index is 11.9. The lowest BCUT2D eigenvalue weighted by molar-refractivity contribution is -0.144. The van der Waals surface area contributed by atoms with Gasteiger partial charge in [0.2, 0.25) is 0 Å². The highest BCUT2D eigenvalue weighted by atomic mass is 32.2. The fourth-order valence-electron chi connectivity index (χ4n) is 2.82. The van der Waals surface area contributed by atoms with E-state index in [9.17, 15) is 4.79 Å². The second-order valence-corrected chi connectivity index (χ2v) is 8.26. The van der Waals surface area contributed by atoms with Crippen molar-refractivity contribution in [3.63, 3.8) is 0 Å². The highest BCUT2D eigenvalue weighted by Crippen LogP contribution is 2.40. The summed E-state index contributed by atoms with van der Waals surface area (Å²) in [5.74, 6) is 0.872. The number of aromatic nitrogens is 2. The quantitative estimate of drug-likeness (QED) is 0.458. The monoisotopic (exact) mass is 350 g/mol. The number of esters is 1. The van der Waals surface area contributed by atoms with Crippen LogP contribution in [0.1, 0.15) is 44.1 Å². The zero-order chi connectivity index (χ0) is 16.4. The van der Waals surface area contributed by atoms with E-state index in [1.54, 1.807) is 17.7 Å². The molecule has 0 spiro atoms. The molecular formula is C17H22N2O2S2. The van der Waals surface area contributed by atoms with Gasteiger partial charge in [-0.05, 0) is 44.1 Å². The van der Waals surface area contributed by atoms with Gasteiger partial charge < -0.3 is 4.74 Å². The molecule has 6 heteroatoms. The number of carbonyl (C=O) groups is 1. The Labute approximate surface area is 145 Å². The highest BCUT2D eigenvalue weighted by Gasteiger charge is 2.23. The molecular weight excluding hydrogens is 328 g/mol. The molecule has 2 heterocycles. The number of carbonyl (C=O) groups excluding carboxylic acids is 1. The Kier molecular flexibility index (Phi) is 5.21. The van der Waals surface area contributed by atoms with Crippen molar-refractivity contribution < 1.29 is 9.53 Å². The third-order valence-electron chi connectivity index (χ3n) is 4.29. The summed E-state index contributed by atoms with van der Waals surface area (Å²) in [6, 6.07) is 0. The van der Waals surface area contributed by atoms with Crippen molar-refractivity contribution in [1.29, 1.82) is 0 Å². The molecule has 2 aromatic heterocycles. The maximum Gasteiger partial charge on any atom is 0.316 e. The van der Waals surface area contributed by atoms with Gasteiger partial charge in [-0.3, -0.25) is 4.79 Å². The Morgan fingerprint density at radius 2 is 2.35 bits per heavy atom. The standard InChI is InChI=1S/C17H22N2O2S2/c1-4-11(3)21-14(20)8-22-16-15-12-6-5-10(2)7-13(12)23-17(15)19-9-18-16/h9-11H,4-8H2,1-3H3/t10-,11-/m0/s1.